The van der Waals surface area contributed by atoms with E-state index in [2.05, 4.69) is 13.5 Å². The Hall–Kier alpha value is -1.36. The van der Waals surface area contributed by atoms with Gasteiger partial charge in [-0.15, -0.1) is 0 Å². The van der Waals surface area contributed by atoms with Gasteiger partial charge in [-0.05, 0) is 92.1 Å². The van der Waals surface area contributed by atoms with Crippen molar-refractivity contribution in [3.8, 4) is 0 Å². The van der Waals surface area contributed by atoms with Crippen molar-refractivity contribution < 1.29 is 46.8 Å². The number of allylic oxidation sites excluding steroid dienone is 3. The zero-order valence-electron chi connectivity index (χ0n) is 22.0. The van der Waals surface area contributed by atoms with Gasteiger partial charge in [-0.1, -0.05) is 38.2 Å². The second-order valence-corrected chi connectivity index (χ2v) is 11.8. The van der Waals surface area contributed by atoms with Gasteiger partial charge in [0.05, 0.1) is 18.3 Å². The third-order valence-electron chi connectivity index (χ3n) is 9.52. The molecule has 0 heterocycles. The molecule has 3 fully saturated rings. The predicted octanol–water partition coefficient (Wildman–Crippen LogP) is 6.15. The van der Waals surface area contributed by atoms with Crippen LogP contribution in [0.5, 0.6) is 0 Å². The van der Waals surface area contributed by atoms with Gasteiger partial charge >= 0.3 is 12.4 Å². The van der Waals surface area contributed by atoms with E-state index in [9.17, 15) is 46.8 Å². The minimum absolute atomic E-state index is 0.0382. The Labute approximate surface area is 220 Å². The number of halogens is 6. The predicted molar refractivity (Wildman–Crippen MR) is 131 cm³/mol. The van der Waals surface area contributed by atoms with Crippen LogP contribution < -0.4 is 0 Å². The average molecular weight is 555 g/mol. The maximum Gasteiger partial charge on any atom is 0.426 e. The van der Waals surface area contributed by atoms with Crippen LogP contribution in [0.3, 0.4) is 0 Å². The summed E-state index contributed by atoms with van der Waals surface area (Å²) in [5, 5.41) is 40.3. The largest absolute Gasteiger partial charge is 0.426 e. The molecule has 1 unspecified atom stereocenters. The SMILES string of the molecule is C=C1/C(=C/C=C2/CCC[C@@]3(C)C2CC[C@@H]3[C@H](C)[C@@H](O)CCCC(O)(C(F)(F)F)C(F)(F)F)C[C@@H](O)C[C@@H]1O. The van der Waals surface area contributed by atoms with E-state index >= 15 is 0 Å². The van der Waals surface area contributed by atoms with Gasteiger partial charge < -0.3 is 20.4 Å². The summed E-state index contributed by atoms with van der Waals surface area (Å²) >= 11 is 0. The van der Waals surface area contributed by atoms with E-state index in [1.54, 1.807) is 6.92 Å². The van der Waals surface area contributed by atoms with Crippen LogP contribution in [0.2, 0.25) is 0 Å². The average Bonchev–Trinajstić information content (AvgIpc) is 3.15. The van der Waals surface area contributed by atoms with Crippen LogP contribution in [0.25, 0.3) is 0 Å². The van der Waals surface area contributed by atoms with Gasteiger partial charge in [0.25, 0.3) is 5.60 Å². The number of rotatable bonds is 7. The third kappa shape index (κ3) is 6.03. The topological polar surface area (TPSA) is 80.9 Å². The van der Waals surface area contributed by atoms with Gasteiger partial charge in [-0.3, -0.25) is 0 Å². The van der Waals surface area contributed by atoms with Crippen molar-refractivity contribution in [1.29, 1.82) is 0 Å². The van der Waals surface area contributed by atoms with E-state index in [1.165, 1.54) is 5.57 Å². The Morgan fingerprint density at radius 3 is 2.32 bits per heavy atom. The lowest BCUT2D eigenvalue weighted by Gasteiger charge is -2.45. The first-order chi connectivity index (χ1) is 17.4. The molecule has 3 saturated carbocycles. The fraction of sp³-hybridized carbons (Fsp3) is 0.786. The summed E-state index contributed by atoms with van der Waals surface area (Å²) in [5.41, 5.74) is -2.31. The lowest BCUT2D eigenvalue weighted by Crippen LogP contribution is -2.56. The highest BCUT2D eigenvalue weighted by molar-refractivity contribution is 5.38. The Morgan fingerprint density at radius 1 is 1.08 bits per heavy atom. The molecule has 0 aliphatic heterocycles. The summed E-state index contributed by atoms with van der Waals surface area (Å²) in [5.74, 6) is -0.0766. The summed E-state index contributed by atoms with van der Waals surface area (Å²) in [6, 6.07) is 0. The molecule has 4 N–H and O–H groups in total. The first-order valence-electron chi connectivity index (χ1n) is 13.4. The van der Waals surface area contributed by atoms with E-state index in [-0.39, 0.29) is 36.0 Å². The maximum absolute atomic E-state index is 13.0. The number of aliphatic hydroxyl groups is 4. The molecule has 38 heavy (non-hydrogen) atoms. The lowest BCUT2D eigenvalue weighted by atomic mass is 9.60. The number of hydrogen-bond acceptors (Lipinski definition) is 4. The Morgan fingerprint density at radius 2 is 1.71 bits per heavy atom. The molecule has 4 nitrogen and oxygen atoms in total. The zero-order valence-corrected chi connectivity index (χ0v) is 22.0. The zero-order chi connectivity index (χ0) is 28.7. The van der Waals surface area contributed by atoms with Crippen molar-refractivity contribution in [2.75, 3.05) is 0 Å². The van der Waals surface area contributed by atoms with Crippen molar-refractivity contribution >= 4 is 0 Å². The van der Waals surface area contributed by atoms with E-state index in [4.69, 9.17) is 0 Å². The monoisotopic (exact) mass is 554 g/mol. The number of alkyl halides is 6. The van der Waals surface area contributed by atoms with E-state index < -0.39 is 49.1 Å². The summed E-state index contributed by atoms with van der Waals surface area (Å²) in [6.07, 6.45) is -7.63. The second kappa shape index (κ2) is 11.3. The molecule has 3 rings (SSSR count). The second-order valence-electron chi connectivity index (χ2n) is 11.8. The smallest absolute Gasteiger partial charge is 0.393 e. The molecular formula is C28H40F6O4. The Balaban J connectivity index is 1.68. The van der Waals surface area contributed by atoms with Crippen LogP contribution in [0.4, 0.5) is 26.3 Å². The minimum atomic E-state index is -5.85. The number of hydrogen-bond donors (Lipinski definition) is 4. The fourth-order valence-electron chi connectivity index (χ4n) is 7.15. The molecule has 0 aromatic rings. The van der Waals surface area contributed by atoms with Crippen molar-refractivity contribution in [2.45, 2.75) is 114 Å². The highest BCUT2D eigenvalue weighted by Crippen LogP contribution is 2.60. The van der Waals surface area contributed by atoms with Gasteiger partial charge in [0.1, 0.15) is 0 Å². The molecule has 0 aromatic carbocycles. The van der Waals surface area contributed by atoms with Gasteiger partial charge in [0.15, 0.2) is 0 Å². The fourth-order valence-corrected chi connectivity index (χ4v) is 7.15. The minimum Gasteiger partial charge on any atom is -0.393 e. The Kier molecular flexibility index (Phi) is 9.23. The first kappa shape index (κ1) is 31.2. The summed E-state index contributed by atoms with van der Waals surface area (Å²) in [4.78, 5) is 0. The van der Waals surface area contributed by atoms with E-state index in [1.807, 2.05) is 12.2 Å². The van der Waals surface area contributed by atoms with Crippen molar-refractivity contribution in [3.05, 3.63) is 35.5 Å². The quantitative estimate of drug-likeness (QED) is 0.285. The molecule has 7 atom stereocenters. The van der Waals surface area contributed by atoms with Gasteiger partial charge in [0.2, 0.25) is 0 Å². The van der Waals surface area contributed by atoms with Crippen molar-refractivity contribution in [3.63, 3.8) is 0 Å². The molecule has 218 valence electrons. The van der Waals surface area contributed by atoms with Gasteiger partial charge in [-0.2, -0.15) is 26.3 Å². The Bertz CT molecular complexity index is 909. The van der Waals surface area contributed by atoms with Crippen molar-refractivity contribution in [2.24, 2.45) is 23.2 Å². The molecule has 3 aliphatic rings. The standard InChI is InChI=1S/C28H40F6O4/c1-16-19(14-20(35)15-24(16)37)9-8-18-6-4-12-25(3)21(10-11-22(18)25)17(2)23(36)7-5-13-26(38,27(29,30)31)28(32,33)34/h8-9,17,20-24,35-38H,1,4-7,10-15H2,2-3H3/b18-8-,19-9+/t17-,20+,21+,22?,23-,24-,25+/m0/s1. The van der Waals surface area contributed by atoms with Crippen LogP contribution in [0.15, 0.2) is 35.5 Å². The first-order valence-corrected chi connectivity index (χ1v) is 13.4. The molecule has 0 bridgehead atoms. The molecule has 10 heteroatoms. The molecule has 0 amide bonds. The molecular weight excluding hydrogens is 514 g/mol. The van der Waals surface area contributed by atoms with Crippen LogP contribution in [-0.4, -0.2) is 56.7 Å². The van der Waals surface area contributed by atoms with Crippen LogP contribution in [0, 0.1) is 23.2 Å². The number of fused-ring (bicyclic) bond motifs is 1. The van der Waals surface area contributed by atoms with Crippen molar-refractivity contribution in [1.82, 2.24) is 0 Å². The summed E-state index contributed by atoms with van der Waals surface area (Å²) < 4.78 is 77.8. The highest BCUT2D eigenvalue weighted by Gasteiger charge is 2.69. The maximum atomic E-state index is 13.0. The highest BCUT2D eigenvalue weighted by atomic mass is 19.4. The molecule has 0 spiro atoms. The summed E-state index contributed by atoms with van der Waals surface area (Å²) in [6.45, 7) is 7.90. The van der Waals surface area contributed by atoms with E-state index in [0.29, 0.717) is 12.0 Å². The van der Waals surface area contributed by atoms with Gasteiger partial charge in [-0.25, -0.2) is 0 Å². The molecule has 3 aliphatic carbocycles. The lowest BCUT2D eigenvalue weighted by molar-refractivity contribution is -0.370. The normalized spacial score (nSPS) is 35.0. The molecule has 0 aromatic heterocycles. The van der Waals surface area contributed by atoms with Crippen LogP contribution >= 0.6 is 0 Å². The van der Waals surface area contributed by atoms with Crippen LogP contribution in [0.1, 0.15) is 78.1 Å². The molecule has 0 radical (unpaired) electrons. The van der Waals surface area contributed by atoms with Crippen LogP contribution in [-0.2, 0) is 0 Å². The number of aliphatic hydroxyl groups excluding tert-OH is 3. The van der Waals surface area contributed by atoms with Gasteiger partial charge in [0, 0.05) is 6.42 Å². The molecule has 0 saturated heterocycles. The summed E-state index contributed by atoms with van der Waals surface area (Å²) in [7, 11) is 0. The van der Waals surface area contributed by atoms with E-state index in [0.717, 1.165) is 37.7 Å². The third-order valence-corrected chi connectivity index (χ3v) is 9.52.